The largest absolute Gasteiger partial charge is 0.399 e. The number of rotatable bonds is 6. The Labute approximate surface area is 326 Å². The minimum Gasteiger partial charge on any atom is -0.399 e. The van der Waals surface area contributed by atoms with Gasteiger partial charge in [0, 0.05) is 45.0 Å². The Kier molecular flexibility index (Phi) is 11.7. The van der Waals surface area contributed by atoms with Gasteiger partial charge in [-0.15, -0.1) is 0 Å². The molecule has 0 bridgehead atoms. The average Bonchev–Trinajstić information content (AvgIpc) is 3.21. The van der Waals surface area contributed by atoms with Crippen molar-refractivity contribution in [2.45, 2.75) is 41.5 Å². The van der Waals surface area contributed by atoms with Crippen LogP contribution in [0.3, 0.4) is 0 Å². The molecule has 0 unspecified atom stereocenters. The van der Waals surface area contributed by atoms with Crippen molar-refractivity contribution < 1.29 is 0 Å². The SMILES string of the molecule is CC.Cc1ccc(N(C2=CC(=N)C(=N)c3ccccc32)c2ccc(C)cc2)cc1.Cc1ccc(N(c2ccc(N)cc2)c2ccc(C)c3ccccc23)cc1. The second-order valence-electron chi connectivity index (χ2n) is 13.6. The van der Waals surface area contributed by atoms with Crippen LogP contribution >= 0.6 is 0 Å². The van der Waals surface area contributed by atoms with Gasteiger partial charge in [-0.3, -0.25) is 10.8 Å². The Morgan fingerprint density at radius 2 is 0.855 bits per heavy atom. The molecule has 1 aliphatic rings. The summed E-state index contributed by atoms with van der Waals surface area (Å²) in [6, 6.07) is 54.3. The van der Waals surface area contributed by atoms with E-state index in [-0.39, 0.29) is 11.4 Å². The van der Waals surface area contributed by atoms with Crippen LogP contribution in [0.2, 0.25) is 0 Å². The Bertz CT molecular complexity index is 2370. The molecule has 7 aromatic carbocycles. The molecule has 0 heterocycles. The topological polar surface area (TPSA) is 80.2 Å². The second kappa shape index (κ2) is 17.0. The van der Waals surface area contributed by atoms with Crippen molar-refractivity contribution in [2.75, 3.05) is 15.5 Å². The van der Waals surface area contributed by atoms with Crippen molar-refractivity contribution in [3.8, 4) is 0 Å². The van der Waals surface area contributed by atoms with Crippen LogP contribution in [0.15, 0.2) is 164 Å². The number of hydrogen-bond donors (Lipinski definition) is 3. The van der Waals surface area contributed by atoms with Crippen molar-refractivity contribution in [3.05, 3.63) is 197 Å². The van der Waals surface area contributed by atoms with E-state index in [4.69, 9.17) is 16.6 Å². The van der Waals surface area contributed by atoms with Crippen molar-refractivity contribution >= 4 is 62.0 Å². The molecule has 274 valence electrons. The summed E-state index contributed by atoms with van der Waals surface area (Å²) in [4.78, 5) is 4.46. The van der Waals surface area contributed by atoms with Gasteiger partial charge < -0.3 is 15.5 Å². The van der Waals surface area contributed by atoms with E-state index in [1.165, 1.54) is 38.7 Å². The van der Waals surface area contributed by atoms with Crippen LogP contribution in [0.4, 0.5) is 34.1 Å². The summed E-state index contributed by atoms with van der Waals surface area (Å²) < 4.78 is 0. The third-order valence-electron chi connectivity index (χ3n) is 9.65. The summed E-state index contributed by atoms with van der Waals surface area (Å²) in [6.45, 7) is 12.4. The lowest BCUT2D eigenvalue weighted by molar-refractivity contribution is 1.27. The molecule has 0 atom stereocenters. The maximum atomic E-state index is 8.31. The van der Waals surface area contributed by atoms with Crippen LogP contribution < -0.4 is 15.5 Å². The van der Waals surface area contributed by atoms with Gasteiger partial charge in [-0.2, -0.15) is 0 Å². The first-order valence-corrected chi connectivity index (χ1v) is 18.8. The molecule has 4 N–H and O–H groups in total. The zero-order chi connectivity index (χ0) is 39.1. The molecule has 8 rings (SSSR count). The van der Waals surface area contributed by atoms with Crippen molar-refractivity contribution in [1.82, 2.24) is 0 Å². The summed E-state index contributed by atoms with van der Waals surface area (Å²) in [5.74, 6) is 0. The fourth-order valence-electron chi connectivity index (χ4n) is 6.73. The molecular formula is C50H49N5. The quantitative estimate of drug-likeness (QED) is 0.150. The van der Waals surface area contributed by atoms with Crippen molar-refractivity contribution in [3.63, 3.8) is 0 Å². The van der Waals surface area contributed by atoms with E-state index < -0.39 is 0 Å². The fourth-order valence-corrected chi connectivity index (χ4v) is 6.73. The molecule has 0 amide bonds. The van der Waals surface area contributed by atoms with Crippen LogP contribution in [-0.4, -0.2) is 11.4 Å². The zero-order valence-corrected chi connectivity index (χ0v) is 32.6. The fraction of sp³-hybridized carbons (Fsp3) is 0.120. The number of nitrogens with two attached hydrogens (primary N) is 1. The number of fused-ring (bicyclic) bond motifs is 2. The van der Waals surface area contributed by atoms with Gasteiger partial charge in [0.1, 0.15) is 0 Å². The number of nitrogens with one attached hydrogen (secondary N) is 2. The molecule has 0 radical (unpaired) electrons. The number of anilines is 6. The predicted octanol–water partition coefficient (Wildman–Crippen LogP) is 13.4. The van der Waals surface area contributed by atoms with E-state index in [1.54, 1.807) is 6.08 Å². The molecule has 0 aliphatic heterocycles. The summed E-state index contributed by atoms with van der Waals surface area (Å²) in [7, 11) is 0. The van der Waals surface area contributed by atoms with Crippen LogP contribution in [0, 0.1) is 38.5 Å². The Balaban J connectivity index is 0.000000179. The number of benzene rings is 7. The lowest BCUT2D eigenvalue weighted by Gasteiger charge is -2.31. The minimum atomic E-state index is 0.230. The van der Waals surface area contributed by atoms with Crippen LogP contribution in [0.5, 0.6) is 0 Å². The first kappa shape index (κ1) is 38.0. The minimum absolute atomic E-state index is 0.230. The van der Waals surface area contributed by atoms with E-state index in [0.29, 0.717) is 0 Å². The summed E-state index contributed by atoms with van der Waals surface area (Å²) in [6.07, 6.45) is 1.80. The number of allylic oxidation sites excluding steroid dienone is 1. The lowest BCUT2D eigenvalue weighted by atomic mass is 9.90. The number of aryl methyl sites for hydroxylation is 4. The summed E-state index contributed by atoms with van der Waals surface area (Å²) in [5.41, 5.74) is 20.3. The van der Waals surface area contributed by atoms with Crippen LogP contribution in [0.1, 0.15) is 47.2 Å². The molecule has 0 spiro atoms. The molecule has 0 fully saturated rings. The normalized spacial score (nSPS) is 11.7. The van der Waals surface area contributed by atoms with Gasteiger partial charge in [-0.1, -0.05) is 122 Å². The van der Waals surface area contributed by atoms with Gasteiger partial charge in [0.05, 0.1) is 22.8 Å². The smallest absolute Gasteiger partial charge is 0.0869 e. The van der Waals surface area contributed by atoms with E-state index >= 15 is 0 Å². The number of hydrogen-bond acceptors (Lipinski definition) is 5. The maximum Gasteiger partial charge on any atom is 0.0869 e. The summed E-state index contributed by atoms with van der Waals surface area (Å²) >= 11 is 0. The molecule has 55 heavy (non-hydrogen) atoms. The van der Waals surface area contributed by atoms with E-state index in [2.05, 4.69) is 159 Å². The molecule has 0 aromatic heterocycles. The highest BCUT2D eigenvalue weighted by Gasteiger charge is 2.26. The Morgan fingerprint density at radius 3 is 1.36 bits per heavy atom. The van der Waals surface area contributed by atoms with E-state index in [1.807, 2.05) is 50.2 Å². The monoisotopic (exact) mass is 719 g/mol. The molecular weight excluding hydrogens is 671 g/mol. The zero-order valence-electron chi connectivity index (χ0n) is 32.6. The van der Waals surface area contributed by atoms with Crippen molar-refractivity contribution in [1.29, 1.82) is 10.8 Å². The van der Waals surface area contributed by atoms with Gasteiger partial charge in [-0.05, 0) is 111 Å². The van der Waals surface area contributed by atoms with E-state index in [0.717, 1.165) is 45.3 Å². The summed E-state index contributed by atoms with van der Waals surface area (Å²) in [5, 5.41) is 19.1. The third-order valence-corrected chi connectivity index (χ3v) is 9.65. The van der Waals surface area contributed by atoms with Gasteiger partial charge in [0.25, 0.3) is 0 Å². The number of nitrogens with zero attached hydrogens (tertiary/aromatic N) is 2. The highest BCUT2D eigenvalue weighted by Crippen LogP contribution is 2.40. The highest BCUT2D eigenvalue weighted by molar-refractivity contribution is 6.53. The lowest BCUT2D eigenvalue weighted by Crippen LogP contribution is -2.25. The standard InChI is InChI=1S/C24H21N3.C24H22N2.C2H6/c1-16-7-11-18(12-8-16)27(19-13-9-17(2)10-14-19)23-15-22(25)24(26)21-6-4-3-5-20(21)23;1-17-7-12-20(13-8-17)26(21-14-10-19(25)11-15-21)24-16-9-18(2)22-5-3-4-6-23(22)24;1-2/h3-15,25-26H,1-2H3;3-16H,25H2,1-2H3;1-2H3. The van der Waals surface area contributed by atoms with Crippen molar-refractivity contribution in [2.24, 2.45) is 0 Å². The Morgan fingerprint density at radius 1 is 0.436 bits per heavy atom. The second-order valence-corrected chi connectivity index (χ2v) is 13.6. The first-order valence-electron chi connectivity index (χ1n) is 18.8. The Hall–Kier alpha value is -6.72. The van der Waals surface area contributed by atoms with E-state index in [9.17, 15) is 0 Å². The molecule has 5 nitrogen and oxygen atoms in total. The molecule has 1 aliphatic carbocycles. The molecule has 0 saturated heterocycles. The predicted molar refractivity (Wildman–Crippen MR) is 237 cm³/mol. The average molecular weight is 720 g/mol. The van der Waals surface area contributed by atoms with Crippen LogP contribution in [-0.2, 0) is 0 Å². The van der Waals surface area contributed by atoms with Gasteiger partial charge in [0.15, 0.2) is 0 Å². The molecule has 0 saturated carbocycles. The number of nitrogen functional groups attached to an aromatic ring is 1. The first-order chi connectivity index (χ1) is 26.7. The highest BCUT2D eigenvalue weighted by atomic mass is 15.2. The van der Waals surface area contributed by atoms with Gasteiger partial charge >= 0.3 is 0 Å². The van der Waals surface area contributed by atoms with Gasteiger partial charge in [0.2, 0.25) is 0 Å². The molecule has 7 aromatic rings. The van der Waals surface area contributed by atoms with Gasteiger partial charge in [-0.25, -0.2) is 0 Å². The molecule has 5 heteroatoms. The maximum absolute atomic E-state index is 8.31. The van der Waals surface area contributed by atoms with Crippen LogP contribution in [0.25, 0.3) is 16.5 Å². The third kappa shape index (κ3) is 8.27.